The molecular weight excluding hydrogens is 176 g/mol. The van der Waals surface area contributed by atoms with Crippen LogP contribution in [0.1, 0.15) is 32.4 Å². The number of rotatable bonds is 4. The Balaban J connectivity index is 2.92. The van der Waals surface area contributed by atoms with Crippen LogP contribution in [0.2, 0.25) is 0 Å². The highest BCUT2D eigenvalue weighted by molar-refractivity contribution is 5.41. The van der Waals surface area contributed by atoms with Crippen molar-refractivity contribution in [2.75, 3.05) is 18.0 Å². The molecule has 0 aliphatic carbocycles. The highest BCUT2D eigenvalue weighted by Gasteiger charge is 2.06. The quantitative estimate of drug-likeness (QED) is 0.796. The molecule has 0 fully saturated rings. The monoisotopic (exact) mass is 194 g/mol. The van der Waals surface area contributed by atoms with E-state index in [1.807, 2.05) is 12.1 Å². The highest BCUT2D eigenvalue weighted by atomic mass is 16.3. The molecule has 78 valence electrons. The first-order chi connectivity index (χ1) is 6.69. The van der Waals surface area contributed by atoms with E-state index in [9.17, 15) is 5.11 Å². The molecule has 1 aromatic heterocycles. The van der Waals surface area contributed by atoms with Gasteiger partial charge in [-0.1, -0.05) is 0 Å². The van der Waals surface area contributed by atoms with Crippen LogP contribution in [0.5, 0.6) is 0 Å². The van der Waals surface area contributed by atoms with E-state index in [-0.39, 0.29) is 0 Å². The molecule has 3 heteroatoms. The molecule has 1 atom stereocenters. The molecule has 0 spiro atoms. The summed E-state index contributed by atoms with van der Waals surface area (Å²) in [5.41, 5.74) is 0.918. The molecule has 0 unspecified atom stereocenters. The van der Waals surface area contributed by atoms with Gasteiger partial charge in [0.15, 0.2) is 0 Å². The van der Waals surface area contributed by atoms with Crippen LogP contribution >= 0.6 is 0 Å². The molecule has 0 aromatic carbocycles. The number of anilines is 1. The van der Waals surface area contributed by atoms with E-state index in [1.54, 1.807) is 13.1 Å². The average molecular weight is 194 g/mol. The fourth-order valence-corrected chi connectivity index (χ4v) is 1.41. The maximum Gasteiger partial charge on any atom is 0.128 e. The lowest BCUT2D eigenvalue weighted by Gasteiger charge is -2.20. The number of aliphatic hydroxyl groups excluding tert-OH is 1. The molecule has 0 saturated carbocycles. The van der Waals surface area contributed by atoms with Crippen LogP contribution in [-0.4, -0.2) is 23.2 Å². The van der Waals surface area contributed by atoms with Gasteiger partial charge in [-0.3, -0.25) is 0 Å². The average Bonchev–Trinajstić information content (AvgIpc) is 2.20. The topological polar surface area (TPSA) is 36.4 Å². The maximum atomic E-state index is 9.43. The minimum Gasteiger partial charge on any atom is -0.389 e. The molecule has 3 nitrogen and oxygen atoms in total. The van der Waals surface area contributed by atoms with E-state index in [4.69, 9.17) is 0 Å². The third-order valence-corrected chi connectivity index (χ3v) is 2.34. The standard InChI is InChI=1S/C11H18N2O/c1-4-13(5-2)11-8-10(9(3)14)6-7-12-11/h6-9,14H,4-5H2,1-3H3/t9-/m0/s1. The Morgan fingerprint density at radius 2 is 2.07 bits per heavy atom. The Morgan fingerprint density at radius 1 is 1.43 bits per heavy atom. The Hall–Kier alpha value is -1.09. The zero-order chi connectivity index (χ0) is 10.6. The largest absolute Gasteiger partial charge is 0.389 e. The van der Waals surface area contributed by atoms with E-state index >= 15 is 0 Å². The van der Waals surface area contributed by atoms with Crippen molar-refractivity contribution in [3.05, 3.63) is 23.9 Å². The summed E-state index contributed by atoms with van der Waals surface area (Å²) in [5.74, 6) is 0.938. The van der Waals surface area contributed by atoms with Crippen molar-refractivity contribution in [1.82, 2.24) is 4.98 Å². The van der Waals surface area contributed by atoms with Crippen molar-refractivity contribution in [1.29, 1.82) is 0 Å². The molecule has 0 saturated heterocycles. The molecule has 0 aliphatic heterocycles. The lowest BCUT2D eigenvalue weighted by Crippen LogP contribution is -2.23. The van der Waals surface area contributed by atoms with Gasteiger partial charge in [0.1, 0.15) is 5.82 Å². The van der Waals surface area contributed by atoms with Gasteiger partial charge in [0.05, 0.1) is 6.10 Å². The predicted molar refractivity (Wildman–Crippen MR) is 58.4 cm³/mol. The number of aromatic nitrogens is 1. The summed E-state index contributed by atoms with van der Waals surface area (Å²) < 4.78 is 0. The number of hydrogen-bond acceptors (Lipinski definition) is 3. The maximum absolute atomic E-state index is 9.43. The van der Waals surface area contributed by atoms with Crippen LogP contribution in [-0.2, 0) is 0 Å². The summed E-state index contributed by atoms with van der Waals surface area (Å²) in [7, 11) is 0. The Labute approximate surface area is 85.4 Å². The van der Waals surface area contributed by atoms with Gasteiger partial charge in [-0.2, -0.15) is 0 Å². The molecule has 1 rings (SSSR count). The summed E-state index contributed by atoms with van der Waals surface area (Å²) in [6.45, 7) is 7.83. The first-order valence-corrected chi connectivity index (χ1v) is 5.08. The molecular formula is C11H18N2O. The van der Waals surface area contributed by atoms with Gasteiger partial charge < -0.3 is 10.0 Å². The SMILES string of the molecule is CCN(CC)c1cc([C@H](C)O)ccn1. The van der Waals surface area contributed by atoms with Crippen molar-refractivity contribution in [3.63, 3.8) is 0 Å². The number of aliphatic hydroxyl groups is 1. The molecule has 1 aromatic rings. The van der Waals surface area contributed by atoms with Crippen molar-refractivity contribution in [2.45, 2.75) is 26.9 Å². The van der Waals surface area contributed by atoms with Gasteiger partial charge in [0, 0.05) is 19.3 Å². The van der Waals surface area contributed by atoms with Crippen molar-refractivity contribution in [2.24, 2.45) is 0 Å². The van der Waals surface area contributed by atoms with E-state index < -0.39 is 6.10 Å². The van der Waals surface area contributed by atoms with Crippen LogP contribution in [0.25, 0.3) is 0 Å². The zero-order valence-electron chi connectivity index (χ0n) is 9.07. The van der Waals surface area contributed by atoms with E-state index in [1.165, 1.54) is 0 Å². The van der Waals surface area contributed by atoms with Crippen molar-refractivity contribution >= 4 is 5.82 Å². The smallest absolute Gasteiger partial charge is 0.128 e. The first-order valence-electron chi connectivity index (χ1n) is 5.08. The minimum atomic E-state index is -0.424. The molecule has 1 N–H and O–H groups in total. The molecule has 14 heavy (non-hydrogen) atoms. The summed E-state index contributed by atoms with van der Waals surface area (Å²) in [5, 5.41) is 9.43. The second-order valence-electron chi connectivity index (χ2n) is 3.30. The summed E-state index contributed by atoms with van der Waals surface area (Å²) >= 11 is 0. The lowest BCUT2D eigenvalue weighted by molar-refractivity contribution is 0.199. The van der Waals surface area contributed by atoms with Crippen molar-refractivity contribution < 1.29 is 5.11 Å². The van der Waals surface area contributed by atoms with Crippen LogP contribution in [0.15, 0.2) is 18.3 Å². The van der Waals surface area contributed by atoms with Gasteiger partial charge in [0.2, 0.25) is 0 Å². The number of nitrogens with zero attached hydrogens (tertiary/aromatic N) is 2. The van der Waals surface area contributed by atoms with Crippen LogP contribution in [0.4, 0.5) is 5.82 Å². The van der Waals surface area contributed by atoms with Crippen molar-refractivity contribution in [3.8, 4) is 0 Å². The highest BCUT2D eigenvalue weighted by Crippen LogP contribution is 2.17. The third-order valence-electron chi connectivity index (χ3n) is 2.34. The van der Waals surface area contributed by atoms with Crippen LogP contribution in [0.3, 0.4) is 0 Å². The fourth-order valence-electron chi connectivity index (χ4n) is 1.41. The normalized spacial score (nSPS) is 12.6. The van der Waals surface area contributed by atoms with Gasteiger partial charge >= 0.3 is 0 Å². The predicted octanol–water partition coefficient (Wildman–Crippen LogP) is 1.98. The number of pyridine rings is 1. The Morgan fingerprint density at radius 3 is 2.57 bits per heavy atom. The molecule has 0 amide bonds. The fraction of sp³-hybridized carbons (Fsp3) is 0.545. The van der Waals surface area contributed by atoms with Gasteiger partial charge in [0.25, 0.3) is 0 Å². The van der Waals surface area contributed by atoms with Crippen LogP contribution in [0, 0.1) is 0 Å². The first kappa shape index (κ1) is 11.0. The van der Waals surface area contributed by atoms with Gasteiger partial charge in [-0.15, -0.1) is 0 Å². The molecule has 0 aliphatic rings. The third kappa shape index (κ3) is 2.45. The summed E-state index contributed by atoms with van der Waals surface area (Å²) in [6.07, 6.45) is 1.32. The van der Waals surface area contributed by atoms with E-state index in [0.29, 0.717) is 0 Å². The lowest BCUT2D eigenvalue weighted by atomic mass is 10.1. The number of hydrogen-bond donors (Lipinski definition) is 1. The molecule has 1 heterocycles. The Bertz CT molecular complexity index is 282. The Kier molecular flexibility index (Phi) is 3.89. The van der Waals surface area contributed by atoms with Gasteiger partial charge in [-0.25, -0.2) is 4.98 Å². The second kappa shape index (κ2) is 4.96. The molecule has 0 radical (unpaired) electrons. The zero-order valence-corrected chi connectivity index (χ0v) is 9.07. The van der Waals surface area contributed by atoms with E-state index in [2.05, 4.69) is 23.7 Å². The second-order valence-corrected chi connectivity index (χ2v) is 3.30. The molecule has 0 bridgehead atoms. The summed E-state index contributed by atoms with van der Waals surface area (Å²) in [6, 6.07) is 3.79. The minimum absolute atomic E-state index is 0.424. The van der Waals surface area contributed by atoms with Crippen LogP contribution < -0.4 is 4.90 Å². The van der Waals surface area contributed by atoms with E-state index in [0.717, 1.165) is 24.5 Å². The van der Waals surface area contributed by atoms with Gasteiger partial charge in [-0.05, 0) is 38.5 Å². The summed E-state index contributed by atoms with van der Waals surface area (Å²) in [4.78, 5) is 6.44.